The third-order valence-corrected chi connectivity index (χ3v) is 6.36. The van der Waals surface area contributed by atoms with Crippen LogP contribution in [-0.4, -0.2) is 35.4 Å². The number of carbonyl (C=O) groups excluding carboxylic acids is 1. The second-order valence-corrected chi connectivity index (χ2v) is 8.77. The fourth-order valence-corrected chi connectivity index (χ4v) is 4.62. The molecule has 31 heavy (non-hydrogen) atoms. The number of hydrogen-bond acceptors (Lipinski definition) is 3. The molecule has 4 rings (SSSR count). The van der Waals surface area contributed by atoms with Crippen molar-refractivity contribution in [1.82, 2.24) is 4.90 Å². The van der Waals surface area contributed by atoms with Crippen molar-refractivity contribution in [3.05, 3.63) is 70.3 Å². The van der Waals surface area contributed by atoms with Crippen molar-refractivity contribution in [1.29, 1.82) is 0 Å². The van der Waals surface area contributed by atoms with E-state index in [1.807, 2.05) is 37.3 Å². The maximum absolute atomic E-state index is 13.0. The van der Waals surface area contributed by atoms with Gasteiger partial charge in [0.25, 0.3) is 0 Å². The zero-order valence-corrected chi connectivity index (χ0v) is 19.4. The molecular formula is C28H37NO2. The second kappa shape index (κ2) is 11.3. The molecule has 2 aromatic carbocycles. The summed E-state index contributed by atoms with van der Waals surface area (Å²) in [6, 6.07) is 13.1. The van der Waals surface area contributed by atoms with Crippen molar-refractivity contribution in [3.8, 4) is 5.75 Å². The predicted molar refractivity (Wildman–Crippen MR) is 130 cm³/mol. The predicted octanol–water partition coefficient (Wildman–Crippen LogP) is 6.58. The quantitative estimate of drug-likeness (QED) is 0.557. The molecule has 1 N–H and O–H groups in total. The second-order valence-electron chi connectivity index (χ2n) is 8.77. The molecule has 0 aromatic heterocycles. The largest absolute Gasteiger partial charge is 0.508 e. The molecule has 2 aliphatic rings. The lowest BCUT2D eigenvalue weighted by atomic mass is 9.81. The lowest BCUT2D eigenvalue weighted by molar-refractivity contribution is 0.105. The van der Waals surface area contributed by atoms with Gasteiger partial charge in [0.1, 0.15) is 5.75 Å². The van der Waals surface area contributed by atoms with Crippen LogP contribution >= 0.6 is 0 Å². The number of phenols is 1. The first-order valence-corrected chi connectivity index (χ1v) is 11.9. The number of ketones is 1. The number of allylic oxidation sites excluding steroid dienone is 2. The van der Waals surface area contributed by atoms with Crippen LogP contribution in [0.4, 0.5) is 0 Å². The Kier molecular flexibility index (Phi) is 8.48. The van der Waals surface area contributed by atoms with E-state index in [2.05, 4.69) is 18.7 Å². The van der Waals surface area contributed by atoms with Gasteiger partial charge in [-0.15, -0.1) is 0 Å². The van der Waals surface area contributed by atoms with Gasteiger partial charge in [0.15, 0.2) is 5.78 Å². The first-order chi connectivity index (χ1) is 15.0. The monoisotopic (exact) mass is 419 g/mol. The number of aromatic hydroxyl groups is 1. The highest BCUT2D eigenvalue weighted by atomic mass is 16.3. The number of hydrogen-bond donors (Lipinski definition) is 1. The van der Waals surface area contributed by atoms with E-state index in [0.29, 0.717) is 0 Å². The van der Waals surface area contributed by atoms with Gasteiger partial charge in [0.2, 0.25) is 0 Å². The first-order valence-electron chi connectivity index (χ1n) is 11.9. The van der Waals surface area contributed by atoms with Crippen LogP contribution in [0.5, 0.6) is 5.75 Å². The van der Waals surface area contributed by atoms with E-state index in [1.165, 1.54) is 50.9 Å². The topological polar surface area (TPSA) is 40.5 Å². The van der Waals surface area contributed by atoms with Gasteiger partial charge in [0.05, 0.1) is 0 Å². The highest BCUT2D eigenvalue weighted by molar-refractivity contribution is 6.30. The summed E-state index contributed by atoms with van der Waals surface area (Å²) in [6.45, 7) is 10.4. The van der Waals surface area contributed by atoms with Crippen LogP contribution in [0.25, 0.3) is 5.57 Å². The van der Waals surface area contributed by atoms with Crippen LogP contribution in [0.2, 0.25) is 0 Å². The van der Waals surface area contributed by atoms with Crippen LogP contribution < -0.4 is 0 Å². The third kappa shape index (κ3) is 6.07. The molecule has 1 fully saturated rings. The highest BCUT2D eigenvalue weighted by Crippen LogP contribution is 2.36. The fourth-order valence-electron chi connectivity index (χ4n) is 4.62. The van der Waals surface area contributed by atoms with E-state index in [0.717, 1.165) is 47.1 Å². The van der Waals surface area contributed by atoms with Crippen LogP contribution in [-0.2, 0) is 6.42 Å². The zero-order valence-electron chi connectivity index (χ0n) is 19.4. The van der Waals surface area contributed by atoms with Crippen molar-refractivity contribution >= 4 is 11.4 Å². The number of phenolic OH excluding ortho intramolecular Hbond substituents is 1. The minimum atomic E-state index is 0.0866. The van der Waals surface area contributed by atoms with Gasteiger partial charge in [-0.2, -0.15) is 0 Å². The van der Waals surface area contributed by atoms with Crippen LogP contribution in [0, 0.1) is 6.92 Å². The van der Waals surface area contributed by atoms with Crippen molar-refractivity contribution in [2.24, 2.45) is 0 Å². The average molecular weight is 420 g/mol. The Morgan fingerprint density at radius 1 is 0.968 bits per heavy atom. The van der Waals surface area contributed by atoms with Gasteiger partial charge in [-0.05, 0) is 88.3 Å². The smallest absolute Gasteiger partial charge is 0.193 e. The van der Waals surface area contributed by atoms with Gasteiger partial charge in [-0.1, -0.05) is 61.7 Å². The van der Waals surface area contributed by atoms with Gasteiger partial charge in [-0.25, -0.2) is 0 Å². The summed E-state index contributed by atoms with van der Waals surface area (Å²) >= 11 is 0. The summed E-state index contributed by atoms with van der Waals surface area (Å²) in [5, 5.41) is 9.68. The minimum Gasteiger partial charge on any atom is -0.508 e. The van der Waals surface area contributed by atoms with Crippen LogP contribution in [0.1, 0.15) is 79.4 Å². The Morgan fingerprint density at radius 3 is 2.32 bits per heavy atom. The van der Waals surface area contributed by atoms with E-state index in [4.69, 9.17) is 0 Å². The number of rotatable bonds is 5. The number of fused-ring (bicyclic) bond motifs is 1. The summed E-state index contributed by atoms with van der Waals surface area (Å²) in [5.41, 5.74) is 5.96. The molecule has 0 radical (unpaired) electrons. The number of Topliss-reactive ketones (excluding diaryl/α,β-unsaturated/α-hetero) is 1. The summed E-state index contributed by atoms with van der Waals surface area (Å²) in [7, 11) is 0. The number of nitrogens with zero attached hydrogens (tertiary/aromatic N) is 1. The third-order valence-electron chi connectivity index (χ3n) is 6.36. The van der Waals surface area contributed by atoms with Gasteiger partial charge >= 0.3 is 0 Å². The Morgan fingerprint density at radius 2 is 1.68 bits per heavy atom. The normalized spacial score (nSPS) is 16.4. The molecule has 0 atom stereocenters. The van der Waals surface area contributed by atoms with E-state index in [-0.39, 0.29) is 11.5 Å². The molecular weight excluding hydrogens is 382 g/mol. The average Bonchev–Trinajstić information content (AvgIpc) is 2.79. The molecule has 166 valence electrons. The highest BCUT2D eigenvalue weighted by Gasteiger charge is 2.24. The molecule has 0 bridgehead atoms. The Labute approximate surface area is 187 Å². The van der Waals surface area contributed by atoms with Crippen LogP contribution in [0.15, 0.2) is 48.0 Å². The maximum Gasteiger partial charge on any atom is 0.193 e. The maximum atomic E-state index is 13.0. The summed E-state index contributed by atoms with van der Waals surface area (Å²) in [6.07, 6.45) is 8.30. The van der Waals surface area contributed by atoms with E-state index in [9.17, 15) is 9.90 Å². The van der Waals surface area contributed by atoms with E-state index >= 15 is 0 Å². The Balaban J connectivity index is 0.000000254. The zero-order chi connectivity index (χ0) is 22.2. The number of benzene rings is 2. The molecule has 1 saturated heterocycles. The standard InChI is InChI=1S/C20H20O2.C8H17N/c1-3-14-8-9-16-12-17(21)10-11-18(16)19(14)20(22)15-6-4-13(2)5-7-15;1-2-6-9-7-4-3-5-8-9/h4-7,10-12,21H,3,8-9H2,1-2H3;2-8H2,1H3. The number of piperidine rings is 1. The van der Waals surface area contributed by atoms with Crippen molar-refractivity contribution < 1.29 is 9.90 Å². The molecule has 1 heterocycles. The van der Waals surface area contributed by atoms with Crippen molar-refractivity contribution in [2.75, 3.05) is 19.6 Å². The molecule has 3 nitrogen and oxygen atoms in total. The van der Waals surface area contributed by atoms with E-state index in [1.54, 1.807) is 12.1 Å². The molecule has 1 aliphatic carbocycles. The van der Waals surface area contributed by atoms with Gasteiger partial charge in [-0.3, -0.25) is 4.79 Å². The summed E-state index contributed by atoms with van der Waals surface area (Å²) in [5.74, 6) is 0.351. The molecule has 3 heteroatoms. The van der Waals surface area contributed by atoms with E-state index < -0.39 is 0 Å². The fraction of sp³-hybridized carbons (Fsp3) is 0.464. The first kappa shape index (κ1) is 23.3. The van der Waals surface area contributed by atoms with Gasteiger partial charge < -0.3 is 10.0 Å². The van der Waals surface area contributed by atoms with Gasteiger partial charge in [0, 0.05) is 11.1 Å². The molecule has 0 unspecified atom stereocenters. The Hall–Kier alpha value is -2.39. The lowest BCUT2D eigenvalue weighted by Gasteiger charge is -2.25. The number of likely N-dealkylation sites (tertiary alicyclic amines) is 1. The SMILES string of the molecule is CCC1=C(C(=O)c2ccc(C)cc2)c2ccc(O)cc2CC1.CCCN1CCCCC1. The van der Waals surface area contributed by atoms with Crippen molar-refractivity contribution in [2.45, 2.75) is 65.7 Å². The Bertz CT molecular complexity index is 902. The summed E-state index contributed by atoms with van der Waals surface area (Å²) < 4.78 is 0. The number of aryl methyl sites for hydroxylation is 2. The minimum absolute atomic E-state index is 0.0866. The summed E-state index contributed by atoms with van der Waals surface area (Å²) in [4.78, 5) is 15.6. The number of carbonyl (C=O) groups is 1. The molecule has 2 aromatic rings. The molecule has 0 amide bonds. The lowest BCUT2D eigenvalue weighted by Crippen LogP contribution is -2.30. The molecule has 0 spiro atoms. The van der Waals surface area contributed by atoms with Crippen LogP contribution in [0.3, 0.4) is 0 Å². The van der Waals surface area contributed by atoms with Crippen molar-refractivity contribution in [3.63, 3.8) is 0 Å². The molecule has 0 saturated carbocycles. The molecule has 1 aliphatic heterocycles.